The van der Waals surface area contributed by atoms with Crippen LogP contribution >= 0.6 is 0 Å². The van der Waals surface area contributed by atoms with Crippen LogP contribution in [0.1, 0.15) is 17.1 Å². The van der Waals surface area contributed by atoms with Crippen molar-refractivity contribution in [2.24, 2.45) is 0 Å². The van der Waals surface area contributed by atoms with Gasteiger partial charge in [0.25, 0.3) is 0 Å². The Balaban J connectivity index is 1.33. The lowest BCUT2D eigenvalue weighted by atomic mass is 10.3. The number of aromatic nitrogens is 5. The molecule has 0 fully saturated rings. The molecule has 3 heterocycles. The topological polar surface area (TPSA) is 114 Å². The summed E-state index contributed by atoms with van der Waals surface area (Å²) < 4.78 is 10.9. The highest BCUT2D eigenvalue weighted by Crippen LogP contribution is 2.16. The summed E-state index contributed by atoms with van der Waals surface area (Å²) in [6.45, 7) is 2.70. The van der Waals surface area contributed by atoms with E-state index in [0.29, 0.717) is 30.7 Å². The van der Waals surface area contributed by atoms with Gasteiger partial charge in [-0.25, -0.2) is 4.98 Å². The summed E-state index contributed by atoms with van der Waals surface area (Å²) in [6.07, 6.45) is 1.67. The normalized spacial score (nSPS) is 10.6. The van der Waals surface area contributed by atoms with Crippen molar-refractivity contribution in [1.82, 2.24) is 25.3 Å². The Kier molecular flexibility index (Phi) is 5.14. The van der Waals surface area contributed by atoms with Crippen LogP contribution < -0.4 is 15.4 Å². The van der Waals surface area contributed by atoms with Crippen LogP contribution in [0, 0.1) is 6.92 Å². The van der Waals surface area contributed by atoms with Gasteiger partial charge in [0.15, 0.2) is 5.76 Å². The minimum absolute atomic E-state index is 0.370. The summed E-state index contributed by atoms with van der Waals surface area (Å²) in [6, 6.07) is 15.1. The molecule has 0 radical (unpaired) electrons. The molecule has 142 valence electrons. The SMILES string of the molecule is Cc1cc(CNc2nccc(Nc3cc(COc4ccccc4)n[nH]3)n2)on1. The van der Waals surface area contributed by atoms with Crippen molar-refractivity contribution in [3.8, 4) is 5.75 Å². The van der Waals surface area contributed by atoms with E-state index in [0.717, 1.165) is 22.9 Å². The highest BCUT2D eigenvalue weighted by molar-refractivity contribution is 5.52. The number of anilines is 3. The molecule has 0 aliphatic carbocycles. The number of hydrogen-bond donors (Lipinski definition) is 3. The smallest absolute Gasteiger partial charge is 0.224 e. The van der Waals surface area contributed by atoms with Crippen LogP contribution in [0.15, 0.2) is 59.3 Å². The van der Waals surface area contributed by atoms with Gasteiger partial charge in [0.2, 0.25) is 5.95 Å². The Morgan fingerprint density at radius 3 is 2.86 bits per heavy atom. The molecule has 0 bridgehead atoms. The second kappa shape index (κ2) is 8.21. The molecule has 4 aromatic rings. The number of ether oxygens (including phenoxy) is 1. The van der Waals surface area contributed by atoms with Crippen LogP contribution in [0.2, 0.25) is 0 Å². The van der Waals surface area contributed by atoms with Crippen molar-refractivity contribution in [2.45, 2.75) is 20.1 Å². The molecule has 0 saturated carbocycles. The number of hydrogen-bond acceptors (Lipinski definition) is 8. The molecule has 9 nitrogen and oxygen atoms in total. The fraction of sp³-hybridized carbons (Fsp3) is 0.158. The number of para-hydroxylation sites is 1. The van der Waals surface area contributed by atoms with Crippen molar-refractivity contribution >= 4 is 17.6 Å². The summed E-state index contributed by atoms with van der Waals surface area (Å²) in [4.78, 5) is 8.62. The van der Waals surface area contributed by atoms with E-state index in [9.17, 15) is 0 Å². The minimum atomic E-state index is 0.370. The lowest BCUT2D eigenvalue weighted by molar-refractivity contribution is 0.301. The fourth-order valence-electron chi connectivity index (χ4n) is 2.49. The number of rotatable bonds is 8. The maximum Gasteiger partial charge on any atom is 0.224 e. The van der Waals surface area contributed by atoms with E-state index in [1.165, 1.54) is 0 Å². The number of aryl methyl sites for hydroxylation is 1. The van der Waals surface area contributed by atoms with Crippen LogP contribution in [0.3, 0.4) is 0 Å². The third-order valence-corrected chi connectivity index (χ3v) is 3.78. The highest BCUT2D eigenvalue weighted by atomic mass is 16.5. The van der Waals surface area contributed by atoms with E-state index in [4.69, 9.17) is 9.26 Å². The van der Waals surface area contributed by atoms with Crippen molar-refractivity contribution in [3.05, 3.63) is 71.9 Å². The summed E-state index contributed by atoms with van der Waals surface area (Å²) in [5, 5.41) is 17.3. The lowest BCUT2D eigenvalue weighted by Gasteiger charge is -2.05. The second-order valence-electron chi connectivity index (χ2n) is 6.05. The van der Waals surface area contributed by atoms with Crippen molar-refractivity contribution < 1.29 is 9.26 Å². The van der Waals surface area contributed by atoms with Crippen LogP contribution in [-0.2, 0) is 13.2 Å². The first kappa shape index (κ1) is 17.5. The molecule has 3 N–H and O–H groups in total. The Hall–Kier alpha value is -3.88. The van der Waals surface area contributed by atoms with Gasteiger partial charge in [0, 0.05) is 18.3 Å². The third kappa shape index (κ3) is 4.64. The zero-order chi connectivity index (χ0) is 19.2. The molecule has 0 atom stereocenters. The van der Waals surface area contributed by atoms with Crippen molar-refractivity contribution in [1.29, 1.82) is 0 Å². The predicted molar refractivity (Wildman–Crippen MR) is 103 cm³/mol. The molecule has 9 heteroatoms. The number of benzene rings is 1. The molecule has 28 heavy (non-hydrogen) atoms. The maximum atomic E-state index is 5.69. The van der Waals surface area contributed by atoms with E-state index in [1.807, 2.05) is 49.4 Å². The molecule has 4 rings (SSSR count). The van der Waals surface area contributed by atoms with Crippen LogP contribution in [0.5, 0.6) is 5.75 Å². The van der Waals surface area contributed by atoms with Gasteiger partial charge in [-0.3, -0.25) is 5.10 Å². The van der Waals surface area contributed by atoms with Gasteiger partial charge in [0.05, 0.1) is 12.2 Å². The van der Waals surface area contributed by atoms with Gasteiger partial charge in [-0.2, -0.15) is 10.1 Å². The van der Waals surface area contributed by atoms with Gasteiger partial charge in [-0.05, 0) is 25.1 Å². The quantitative estimate of drug-likeness (QED) is 0.428. The van der Waals surface area contributed by atoms with E-state index in [1.54, 1.807) is 12.3 Å². The Morgan fingerprint density at radius 1 is 1.14 bits per heavy atom. The summed E-state index contributed by atoms with van der Waals surface area (Å²) in [7, 11) is 0. The Bertz CT molecular complexity index is 1030. The molecule has 0 aliphatic heterocycles. The Labute approximate surface area is 161 Å². The monoisotopic (exact) mass is 377 g/mol. The summed E-state index contributed by atoms with van der Waals surface area (Å²) in [5.41, 5.74) is 1.61. The van der Waals surface area contributed by atoms with Crippen LogP contribution in [-0.4, -0.2) is 25.3 Å². The van der Waals surface area contributed by atoms with Gasteiger partial charge in [-0.15, -0.1) is 0 Å². The van der Waals surface area contributed by atoms with Gasteiger partial charge in [0.1, 0.15) is 29.7 Å². The van der Waals surface area contributed by atoms with Crippen molar-refractivity contribution in [2.75, 3.05) is 10.6 Å². The van der Waals surface area contributed by atoms with Gasteiger partial charge >= 0.3 is 0 Å². The summed E-state index contributed by atoms with van der Waals surface area (Å²) in [5.74, 6) is 3.34. The van der Waals surface area contributed by atoms with Gasteiger partial charge < -0.3 is 19.9 Å². The van der Waals surface area contributed by atoms with Crippen LogP contribution in [0.4, 0.5) is 17.6 Å². The van der Waals surface area contributed by atoms with E-state index >= 15 is 0 Å². The Morgan fingerprint density at radius 2 is 2.04 bits per heavy atom. The highest BCUT2D eigenvalue weighted by Gasteiger charge is 2.06. The molecular formula is C19H19N7O2. The molecule has 0 saturated heterocycles. The molecule has 3 aromatic heterocycles. The van der Waals surface area contributed by atoms with E-state index in [2.05, 4.69) is 36.0 Å². The van der Waals surface area contributed by atoms with E-state index in [-0.39, 0.29) is 0 Å². The number of nitrogens with one attached hydrogen (secondary N) is 3. The molecule has 0 amide bonds. The fourth-order valence-corrected chi connectivity index (χ4v) is 2.49. The number of nitrogens with zero attached hydrogens (tertiary/aromatic N) is 4. The average molecular weight is 377 g/mol. The first-order chi connectivity index (χ1) is 13.7. The largest absolute Gasteiger partial charge is 0.487 e. The molecule has 0 unspecified atom stereocenters. The predicted octanol–water partition coefficient (Wildman–Crippen LogP) is 3.43. The molecule has 0 aliphatic rings. The van der Waals surface area contributed by atoms with Crippen LogP contribution in [0.25, 0.3) is 0 Å². The average Bonchev–Trinajstić information content (AvgIpc) is 3.34. The zero-order valence-electron chi connectivity index (χ0n) is 15.2. The minimum Gasteiger partial charge on any atom is -0.487 e. The molecule has 0 spiro atoms. The number of aromatic amines is 1. The first-order valence-corrected chi connectivity index (χ1v) is 8.73. The van der Waals surface area contributed by atoms with E-state index < -0.39 is 0 Å². The molecule has 1 aromatic carbocycles. The maximum absolute atomic E-state index is 5.69. The third-order valence-electron chi connectivity index (χ3n) is 3.78. The molecular weight excluding hydrogens is 358 g/mol. The first-order valence-electron chi connectivity index (χ1n) is 8.73. The zero-order valence-corrected chi connectivity index (χ0v) is 15.2. The lowest BCUT2D eigenvalue weighted by Crippen LogP contribution is -2.04. The number of H-pyrrole nitrogens is 1. The van der Waals surface area contributed by atoms with Gasteiger partial charge in [-0.1, -0.05) is 23.4 Å². The second-order valence-corrected chi connectivity index (χ2v) is 6.05. The van der Waals surface area contributed by atoms with Crippen molar-refractivity contribution in [3.63, 3.8) is 0 Å². The summed E-state index contributed by atoms with van der Waals surface area (Å²) >= 11 is 0. The standard InChI is InChI=1S/C19H19N7O2/c1-13-9-16(28-26-13)11-21-19-20-8-7-17(23-19)22-18-10-14(24-25-18)12-27-15-5-3-2-4-6-15/h2-10H,11-12H2,1H3,(H3,20,21,22,23,24,25).